The van der Waals surface area contributed by atoms with Crippen LogP contribution in [0.1, 0.15) is 35.3 Å². The lowest BCUT2D eigenvalue weighted by atomic mass is 10.1. The third-order valence-corrected chi connectivity index (χ3v) is 4.52. The monoisotopic (exact) mass is 335 g/mol. The maximum Gasteiger partial charge on any atom is 0.253 e. The molecule has 1 aliphatic heterocycles. The first-order chi connectivity index (χ1) is 12.3. The number of carbonyl (C=O) groups is 1. The lowest BCUT2D eigenvalue weighted by Gasteiger charge is -2.26. The van der Waals surface area contributed by atoms with Gasteiger partial charge >= 0.3 is 0 Å². The minimum Gasteiger partial charge on any atom is -0.487 e. The third kappa shape index (κ3) is 3.50. The number of hydrogen-bond donors (Lipinski definition) is 0. The summed E-state index contributed by atoms with van der Waals surface area (Å²) in [5.74, 6) is 0.790. The number of rotatable bonds is 4. The summed E-state index contributed by atoms with van der Waals surface area (Å²) < 4.78 is 7.82. The molecule has 3 heterocycles. The van der Waals surface area contributed by atoms with Crippen LogP contribution in [0.5, 0.6) is 5.75 Å². The van der Waals surface area contributed by atoms with Crippen molar-refractivity contribution in [2.24, 2.45) is 0 Å². The van der Waals surface area contributed by atoms with E-state index >= 15 is 0 Å². The number of piperidine rings is 1. The SMILES string of the molecule is O=C(c1cccc(OCc2cn3ccccc3n2)c1)N1CCCCC1. The molecule has 25 heavy (non-hydrogen) atoms. The Balaban J connectivity index is 1.44. The molecule has 4 rings (SSSR count). The maximum atomic E-state index is 12.6. The van der Waals surface area contributed by atoms with Gasteiger partial charge in [-0.2, -0.15) is 0 Å². The fraction of sp³-hybridized carbons (Fsp3) is 0.300. The van der Waals surface area contributed by atoms with E-state index in [2.05, 4.69) is 4.98 Å². The van der Waals surface area contributed by atoms with Gasteiger partial charge in [0.2, 0.25) is 0 Å². The highest BCUT2D eigenvalue weighted by Crippen LogP contribution is 2.19. The minimum atomic E-state index is 0.0953. The molecule has 0 aliphatic carbocycles. The van der Waals surface area contributed by atoms with Crippen LogP contribution in [0.25, 0.3) is 5.65 Å². The predicted molar refractivity (Wildman–Crippen MR) is 95.7 cm³/mol. The number of amides is 1. The van der Waals surface area contributed by atoms with Crippen molar-refractivity contribution >= 4 is 11.6 Å². The number of pyridine rings is 1. The van der Waals surface area contributed by atoms with Gasteiger partial charge in [-0.05, 0) is 49.6 Å². The van der Waals surface area contributed by atoms with Crippen LogP contribution in [0, 0.1) is 0 Å². The second-order valence-corrected chi connectivity index (χ2v) is 6.37. The summed E-state index contributed by atoms with van der Waals surface area (Å²) in [5, 5.41) is 0. The van der Waals surface area contributed by atoms with Gasteiger partial charge in [-0.1, -0.05) is 12.1 Å². The number of benzene rings is 1. The Hall–Kier alpha value is -2.82. The fourth-order valence-corrected chi connectivity index (χ4v) is 3.21. The average Bonchev–Trinajstić information content (AvgIpc) is 3.10. The highest BCUT2D eigenvalue weighted by molar-refractivity contribution is 5.94. The Morgan fingerprint density at radius 2 is 1.96 bits per heavy atom. The Morgan fingerprint density at radius 3 is 2.80 bits per heavy atom. The molecular weight excluding hydrogens is 314 g/mol. The Kier molecular flexibility index (Phi) is 4.37. The molecule has 3 aromatic rings. The van der Waals surface area contributed by atoms with E-state index in [9.17, 15) is 4.79 Å². The van der Waals surface area contributed by atoms with Crippen molar-refractivity contribution in [3.05, 3.63) is 66.1 Å². The maximum absolute atomic E-state index is 12.6. The first-order valence-corrected chi connectivity index (χ1v) is 8.74. The topological polar surface area (TPSA) is 46.8 Å². The van der Waals surface area contributed by atoms with Gasteiger partial charge < -0.3 is 14.0 Å². The predicted octanol–water partition coefficient (Wildman–Crippen LogP) is 3.54. The van der Waals surface area contributed by atoms with E-state index in [0.717, 1.165) is 37.3 Å². The number of imidazole rings is 1. The smallest absolute Gasteiger partial charge is 0.253 e. The van der Waals surface area contributed by atoms with Crippen molar-refractivity contribution < 1.29 is 9.53 Å². The first-order valence-electron chi connectivity index (χ1n) is 8.74. The average molecular weight is 335 g/mol. The lowest BCUT2D eigenvalue weighted by molar-refractivity contribution is 0.0724. The normalized spacial score (nSPS) is 14.6. The second-order valence-electron chi connectivity index (χ2n) is 6.37. The summed E-state index contributed by atoms with van der Waals surface area (Å²) in [5.41, 5.74) is 2.45. The standard InChI is InChI=1S/C20H21N3O2/c24-20(22-10-3-1-4-11-22)16-7-6-8-18(13-16)25-15-17-14-23-12-5-2-9-19(23)21-17/h2,5-9,12-14H,1,3-4,10-11,15H2. The van der Waals surface area contributed by atoms with Crippen molar-refractivity contribution in [1.29, 1.82) is 0 Å². The zero-order valence-electron chi connectivity index (χ0n) is 14.1. The van der Waals surface area contributed by atoms with Crippen LogP contribution in [0.4, 0.5) is 0 Å². The van der Waals surface area contributed by atoms with E-state index in [4.69, 9.17) is 4.74 Å². The van der Waals surface area contributed by atoms with E-state index in [1.54, 1.807) is 0 Å². The number of fused-ring (bicyclic) bond motifs is 1. The van der Waals surface area contributed by atoms with Gasteiger partial charge in [0, 0.05) is 31.0 Å². The number of likely N-dealkylation sites (tertiary alicyclic amines) is 1. The zero-order valence-corrected chi connectivity index (χ0v) is 14.1. The molecule has 0 bridgehead atoms. The first kappa shape index (κ1) is 15.7. The van der Waals surface area contributed by atoms with Gasteiger partial charge in [0.1, 0.15) is 18.0 Å². The fourth-order valence-electron chi connectivity index (χ4n) is 3.21. The highest BCUT2D eigenvalue weighted by atomic mass is 16.5. The number of carbonyl (C=O) groups excluding carboxylic acids is 1. The largest absolute Gasteiger partial charge is 0.487 e. The van der Waals surface area contributed by atoms with Gasteiger partial charge in [0.05, 0.1) is 5.69 Å². The molecule has 0 spiro atoms. The zero-order chi connectivity index (χ0) is 17.1. The molecule has 0 N–H and O–H groups in total. The Labute approximate surface area is 146 Å². The van der Waals surface area contributed by atoms with Crippen LogP contribution in [-0.4, -0.2) is 33.3 Å². The summed E-state index contributed by atoms with van der Waals surface area (Å²) in [4.78, 5) is 19.1. The molecule has 1 fully saturated rings. The molecule has 1 aromatic carbocycles. The molecule has 1 saturated heterocycles. The number of aromatic nitrogens is 2. The summed E-state index contributed by atoms with van der Waals surface area (Å²) in [6.07, 6.45) is 7.32. The van der Waals surface area contributed by atoms with Gasteiger partial charge in [-0.15, -0.1) is 0 Å². The minimum absolute atomic E-state index is 0.0953. The molecule has 5 heteroatoms. The van der Waals surface area contributed by atoms with Crippen LogP contribution in [0.2, 0.25) is 0 Å². The van der Waals surface area contributed by atoms with Gasteiger partial charge in [0.25, 0.3) is 5.91 Å². The van der Waals surface area contributed by atoms with Crippen LogP contribution >= 0.6 is 0 Å². The van der Waals surface area contributed by atoms with E-state index < -0.39 is 0 Å². The van der Waals surface area contributed by atoms with Crippen molar-refractivity contribution in [2.45, 2.75) is 25.9 Å². The van der Waals surface area contributed by atoms with Crippen LogP contribution < -0.4 is 4.74 Å². The quantitative estimate of drug-likeness (QED) is 0.733. The lowest BCUT2D eigenvalue weighted by Crippen LogP contribution is -2.35. The number of nitrogens with zero attached hydrogens (tertiary/aromatic N) is 3. The van der Waals surface area contributed by atoms with Gasteiger partial charge in [-0.3, -0.25) is 4.79 Å². The van der Waals surface area contributed by atoms with Crippen LogP contribution in [-0.2, 0) is 6.61 Å². The molecule has 1 amide bonds. The van der Waals surface area contributed by atoms with E-state index in [1.807, 2.05) is 64.2 Å². The summed E-state index contributed by atoms with van der Waals surface area (Å²) in [7, 11) is 0. The Morgan fingerprint density at radius 1 is 1.08 bits per heavy atom. The molecule has 2 aromatic heterocycles. The van der Waals surface area contributed by atoms with Crippen LogP contribution in [0.3, 0.4) is 0 Å². The molecule has 0 unspecified atom stereocenters. The van der Waals surface area contributed by atoms with E-state index in [1.165, 1.54) is 6.42 Å². The van der Waals surface area contributed by atoms with Crippen molar-refractivity contribution in [3.8, 4) is 5.75 Å². The van der Waals surface area contributed by atoms with Crippen molar-refractivity contribution in [3.63, 3.8) is 0 Å². The molecule has 5 nitrogen and oxygen atoms in total. The van der Waals surface area contributed by atoms with Gasteiger partial charge in [-0.25, -0.2) is 4.98 Å². The van der Waals surface area contributed by atoms with Crippen LogP contribution in [0.15, 0.2) is 54.9 Å². The number of ether oxygens (including phenoxy) is 1. The van der Waals surface area contributed by atoms with Gasteiger partial charge in [0.15, 0.2) is 0 Å². The molecule has 0 atom stereocenters. The third-order valence-electron chi connectivity index (χ3n) is 4.52. The summed E-state index contributed by atoms with van der Waals surface area (Å²) >= 11 is 0. The molecule has 1 aliphatic rings. The molecule has 0 saturated carbocycles. The molecule has 0 radical (unpaired) electrons. The number of hydrogen-bond acceptors (Lipinski definition) is 3. The highest BCUT2D eigenvalue weighted by Gasteiger charge is 2.18. The molecular formula is C20H21N3O2. The summed E-state index contributed by atoms with van der Waals surface area (Å²) in [6, 6.07) is 13.3. The van der Waals surface area contributed by atoms with E-state index in [-0.39, 0.29) is 5.91 Å². The van der Waals surface area contributed by atoms with Crippen molar-refractivity contribution in [1.82, 2.24) is 14.3 Å². The second kappa shape index (κ2) is 6.97. The molecule has 128 valence electrons. The van der Waals surface area contributed by atoms with E-state index in [0.29, 0.717) is 17.9 Å². The summed E-state index contributed by atoms with van der Waals surface area (Å²) in [6.45, 7) is 2.08. The Bertz CT molecular complexity index is 848. The van der Waals surface area contributed by atoms with Crippen molar-refractivity contribution in [2.75, 3.05) is 13.1 Å².